The van der Waals surface area contributed by atoms with Crippen molar-refractivity contribution in [1.82, 2.24) is 0 Å². The summed E-state index contributed by atoms with van der Waals surface area (Å²) in [5.74, 6) is -0.390. The summed E-state index contributed by atoms with van der Waals surface area (Å²) >= 11 is 0. The summed E-state index contributed by atoms with van der Waals surface area (Å²) in [4.78, 5) is 13.1. The van der Waals surface area contributed by atoms with E-state index in [1.54, 1.807) is 6.07 Å². The van der Waals surface area contributed by atoms with Crippen LogP contribution in [0.25, 0.3) is 22.3 Å². The van der Waals surface area contributed by atoms with Crippen molar-refractivity contribution >= 4 is 11.0 Å². The molecule has 33 heavy (non-hydrogen) atoms. The zero-order valence-corrected chi connectivity index (χ0v) is 18.0. The van der Waals surface area contributed by atoms with Gasteiger partial charge in [0.1, 0.15) is 39.9 Å². The third kappa shape index (κ3) is 3.22. The van der Waals surface area contributed by atoms with Gasteiger partial charge >= 0.3 is 0 Å². The highest BCUT2D eigenvalue weighted by Crippen LogP contribution is 2.49. The van der Waals surface area contributed by atoms with Gasteiger partial charge in [-0.1, -0.05) is 54.1 Å². The average Bonchev–Trinajstić information content (AvgIpc) is 2.78. The van der Waals surface area contributed by atoms with Crippen LogP contribution in [0, 0.1) is 25.2 Å². The molecule has 4 aromatic rings. The lowest BCUT2D eigenvalue weighted by Crippen LogP contribution is -2.22. The summed E-state index contributed by atoms with van der Waals surface area (Å²) in [6.07, 6.45) is 0. The standard InChI is InChI=1S/C27H20N2O4/c1-14-8-9-17(15(2)10-14)23-18(13-28)27(29)33-22-12-21-24(26(31)25(22)23)19(30)11-20(32-21)16-6-4-3-5-7-16/h3-12,23,31H,29H2,1-2H3. The highest BCUT2D eigenvalue weighted by Gasteiger charge is 2.35. The van der Waals surface area contributed by atoms with Crippen molar-refractivity contribution in [3.8, 4) is 28.9 Å². The maximum atomic E-state index is 13.1. The summed E-state index contributed by atoms with van der Waals surface area (Å²) in [5.41, 5.74) is 9.91. The molecule has 0 saturated carbocycles. The minimum absolute atomic E-state index is 0.0320. The van der Waals surface area contributed by atoms with E-state index in [4.69, 9.17) is 14.9 Å². The molecule has 0 radical (unpaired) electrons. The first-order valence-electron chi connectivity index (χ1n) is 10.4. The number of rotatable bonds is 2. The number of phenols is 1. The van der Waals surface area contributed by atoms with Gasteiger partial charge in [-0.2, -0.15) is 5.26 Å². The molecule has 1 aliphatic rings. The number of hydrogen-bond donors (Lipinski definition) is 2. The summed E-state index contributed by atoms with van der Waals surface area (Å²) < 4.78 is 11.7. The zero-order valence-electron chi connectivity index (χ0n) is 18.0. The lowest BCUT2D eigenvalue weighted by molar-refractivity contribution is 0.383. The van der Waals surface area contributed by atoms with Crippen molar-refractivity contribution in [1.29, 1.82) is 5.26 Å². The Balaban J connectivity index is 1.81. The first-order chi connectivity index (χ1) is 15.9. The second-order valence-corrected chi connectivity index (χ2v) is 8.14. The fraction of sp³-hybridized carbons (Fsp3) is 0.111. The van der Waals surface area contributed by atoms with Crippen LogP contribution in [-0.4, -0.2) is 5.11 Å². The van der Waals surface area contributed by atoms with E-state index in [9.17, 15) is 15.2 Å². The Morgan fingerprint density at radius 3 is 2.52 bits per heavy atom. The minimum Gasteiger partial charge on any atom is -0.507 e. The molecule has 6 nitrogen and oxygen atoms in total. The molecular formula is C27H20N2O4. The molecule has 5 rings (SSSR count). The van der Waals surface area contributed by atoms with E-state index < -0.39 is 11.3 Å². The third-order valence-electron chi connectivity index (χ3n) is 5.97. The van der Waals surface area contributed by atoms with Gasteiger partial charge < -0.3 is 20.0 Å². The van der Waals surface area contributed by atoms with Crippen LogP contribution in [0.4, 0.5) is 0 Å². The van der Waals surface area contributed by atoms with E-state index in [-0.39, 0.29) is 33.9 Å². The normalized spacial score (nSPS) is 15.1. The number of phenolic OH excluding ortho intramolecular Hbond substituents is 1. The second-order valence-electron chi connectivity index (χ2n) is 8.14. The molecule has 1 unspecified atom stereocenters. The van der Waals surface area contributed by atoms with E-state index in [1.807, 2.05) is 62.4 Å². The van der Waals surface area contributed by atoms with Gasteiger partial charge in [0, 0.05) is 17.7 Å². The maximum Gasteiger partial charge on any atom is 0.205 e. The van der Waals surface area contributed by atoms with Gasteiger partial charge in [0.25, 0.3) is 0 Å². The Hall–Kier alpha value is -4.50. The molecule has 0 saturated heterocycles. The number of hydrogen-bond acceptors (Lipinski definition) is 6. The molecule has 162 valence electrons. The van der Waals surface area contributed by atoms with Gasteiger partial charge in [-0.3, -0.25) is 4.79 Å². The Morgan fingerprint density at radius 2 is 1.82 bits per heavy atom. The van der Waals surface area contributed by atoms with Crippen LogP contribution in [0.15, 0.2) is 81.3 Å². The number of benzene rings is 3. The van der Waals surface area contributed by atoms with Crippen LogP contribution in [0.5, 0.6) is 11.5 Å². The van der Waals surface area contributed by atoms with E-state index in [0.29, 0.717) is 11.3 Å². The van der Waals surface area contributed by atoms with Crippen molar-refractivity contribution in [2.45, 2.75) is 19.8 Å². The van der Waals surface area contributed by atoms with Crippen molar-refractivity contribution in [3.63, 3.8) is 0 Å². The third-order valence-corrected chi connectivity index (χ3v) is 5.97. The highest BCUT2D eigenvalue weighted by molar-refractivity contribution is 5.89. The average molecular weight is 436 g/mol. The van der Waals surface area contributed by atoms with Crippen LogP contribution in [0.2, 0.25) is 0 Å². The van der Waals surface area contributed by atoms with Gasteiger partial charge in [-0.25, -0.2) is 0 Å². The molecule has 1 aliphatic heterocycles. The van der Waals surface area contributed by atoms with Gasteiger partial charge in [0.2, 0.25) is 5.88 Å². The Morgan fingerprint density at radius 1 is 1.06 bits per heavy atom. The van der Waals surface area contributed by atoms with Gasteiger partial charge in [-0.05, 0) is 25.0 Å². The molecule has 3 N–H and O–H groups in total. The molecular weight excluding hydrogens is 416 g/mol. The number of allylic oxidation sites excluding steroid dienone is 1. The molecule has 0 aliphatic carbocycles. The minimum atomic E-state index is -0.683. The van der Waals surface area contributed by atoms with E-state index in [2.05, 4.69) is 6.07 Å². The lowest BCUT2D eigenvalue weighted by Gasteiger charge is -2.28. The van der Waals surface area contributed by atoms with Gasteiger partial charge in [-0.15, -0.1) is 0 Å². The Kier molecular flexibility index (Phi) is 4.68. The number of nitriles is 1. The van der Waals surface area contributed by atoms with Crippen LogP contribution in [0.1, 0.15) is 28.2 Å². The summed E-state index contributed by atoms with van der Waals surface area (Å²) in [6, 6.07) is 20.1. The predicted octanol–water partition coefficient (Wildman–Crippen LogP) is 5.00. The number of nitrogens with two attached hydrogens (primary N) is 1. The van der Waals surface area contributed by atoms with Gasteiger partial charge in [0.15, 0.2) is 5.43 Å². The van der Waals surface area contributed by atoms with Gasteiger partial charge in [0.05, 0.1) is 11.5 Å². The predicted molar refractivity (Wildman–Crippen MR) is 125 cm³/mol. The molecule has 2 heterocycles. The van der Waals surface area contributed by atoms with E-state index >= 15 is 0 Å². The second kappa shape index (κ2) is 7.57. The summed E-state index contributed by atoms with van der Waals surface area (Å²) in [5, 5.41) is 21.2. The topological polar surface area (TPSA) is 109 Å². The van der Waals surface area contributed by atoms with E-state index in [0.717, 1.165) is 22.3 Å². The molecule has 0 amide bonds. The quantitative estimate of drug-likeness (QED) is 0.458. The molecule has 6 heteroatoms. The monoisotopic (exact) mass is 436 g/mol. The number of nitrogens with zero attached hydrogens (tertiary/aromatic N) is 1. The first kappa shape index (κ1) is 20.4. The lowest BCUT2D eigenvalue weighted by atomic mass is 9.80. The zero-order chi connectivity index (χ0) is 23.3. The van der Waals surface area contributed by atoms with Crippen molar-refractivity contribution < 1.29 is 14.3 Å². The van der Waals surface area contributed by atoms with Crippen molar-refractivity contribution in [3.05, 3.63) is 105 Å². The number of aromatic hydroxyl groups is 1. The number of fused-ring (bicyclic) bond motifs is 2. The van der Waals surface area contributed by atoms with Crippen LogP contribution < -0.4 is 15.9 Å². The SMILES string of the molecule is Cc1ccc(C2C(C#N)=C(N)Oc3cc4oc(-c5ccccc5)cc(=O)c4c(O)c32)c(C)c1. The number of aryl methyl sites for hydroxylation is 2. The summed E-state index contributed by atoms with van der Waals surface area (Å²) in [6.45, 7) is 3.91. The molecule has 1 atom stereocenters. The first-order valence-corrected chi connectivity index (χ1v) is 10.4. The Bertz CT molecular complexity index is 1560. The van der Waals surface area contributed by atoms with Crippen LogP contribution in [-0.2, 0) is 0 Å². The van der Waals surface area contributed by atoms with Crippen LogP contribution >= 0.6 is 0 Å². The molecule has 1 aromatic heterocycles. The Labute approximate surface area is 189 Å². The molecule has 0 bridgehead atoms. The van der Waals surface area contributed by atoms with Crippen molar-refractivity contribution in [2.75, 3.05) is 0 Å². The van der Waals surface area contributed by atoms with Crippen LogP contribution in [0.3, 0.4) is 0 Å². The molecule has 0 fully saturated rings. The summed E-state index contributed by atoms with van der Waals surface area (Å²) in [7, 11) is 0. The largest absolute Gasteiger partial charge is 0.507 e. The fourth-order valence-electron chi connectivity index (χ4n) is 4.44. The fourth-order valence-corrected chi connectivity index (χ4v) is 4.44. The molecule has 3 aromatic carbocycles. The molecule has 0 spiro atoms. The maximum absolute atomic E-state index is 13.1. The highest BCUT2D eigenvalue weighted by atomic mass is 16.5. The smallest absolute Gasteiger partial charge is 0.205 e. The number of ether oxygens (including phenoxy) is 1. The van der Waals surface area contributed by atoms with Crippen molar-refractivity contribution in [2.24, 2.45) is 5.73 Å². The van der Waals surface area contributed by atoms with E-state index in [1.165, 1.54) is 6.07 Å².